The molecule has 1 N–H and O–H groups in total. The molecule has 21 heavy (non-hydrogen) atoms. The van der Waals surface area contributed by atoms with Gasteiger partial charge in [-0.3, -0.25) is 4.79 Å². The van der Waals surface area contributed by atoms with Crippen LogP contribution in [-0.4, -0.2) is 13.0 Å². The maximum Gasteiger partial charge on any atom is 0.265 e. The Labute approximate surface area is 132 Å². The third kappa shape index (κ3) is 3.06. The molecule has 0 saturated carbocycles. The summed E-state index contributed by atoms with van der Waals surface area (Å²) < 4.78 is 5.10. The van der Waals surface area contributed by atoms with Crippen molar-refractivity contribution in [3.8, 4) is 5.75 Å². The van der Waals surface area contributed by atoms with Crippen molar-refractivity contribution in [3.63, 3.8) is 0 Å². The van der Waals surface area contributed by atoms with Gasteiger partial charge in [0.2, 0.25) is 0 Å². The Kier molecular flexibility index (Phi) is 4.17. The number of nitrogens with one attached hydrogen (secondary N) is 1. The van der Waals surface area contributed by atoms with Crippen LogP contribution in [0.5, 0.6) is 5.75 Å². The lowest BCUT2D eigenvalue weighted by Crippen LogP contribution is -2.10. The Hall–Kier alpha value is -1.52. The SMILES string of the molecule is COc1ccc(NC(=O)c2cc3c(s2)CCCC3)cc1Cl. The van der Waals surface area contributed by atoms with Gasteiger partial charge in [-0.15, -0.1) is 11.3 Å². The highest BCUT2D eigenvalue weighted by Gasteiger charge is 2.17. The van der Waals surface area contributed by atoms with Gasteiger partial charge in [-0.25, -0.2) is 0 Å². The van der Waals surface area contributed by atoms with E-state index in [-0.39, 0.29) is 5.91 Å². The van der Waals surface area contributed by atoms with Crippen molar-refractivity contribution in [2.45, 2.75) is 25.7 Å². The van der Waals surface area contributed by atoms with Crippen LogP contribution < -0.4 is 10.1 Å². The van der Waals surface area contributed by atoms with Gasteiger partial charge < -0.3 is 10.1 Å². The normalized spacial score (nSPS) is 13.6. The van der Waals surface area contributed by atoms with Crippen LogP contribution in [0.3, 0.4) is 0 Å². The first-order chi connectivity index (χ1) is 10.2. The number of anilines is 1. The van der Waals surface area contributed by atoms with Gasteiger partial charge in [-0.2, -0.15) is 0 Å². The Morgan fingerprint density at radius 3 is 2.81 bits per heavy atom. The summed E-state index contributed by atoms with van der Waals surface area (Å²) in [6.07, 6.45) is 4.64. The number of rotatable bonds is 3. The molecule has 3 nitrogen and oxygen atoms in total. The first kappa shape index (κ1) is 14.4. The molecular formula is C16H16ClNO2S. The highest BCUT2D eigenvalue weighted by molar-refractivity contribution is 7.14. The number of ether oxygens (including phenoxy) is 1. The zero-order valence-corrected chi connectivity index (χ0v) is 13.3. The molecule has 0 atom stereocenters. The van der Waals surface area contributed by atoms with Crippen molar-refractivity contribution in [1.29, 1.82) is 0 Å². The van der Waals surface area contributed by atoms with Crippen LogP contribution in [0.1, 0.15) is 33.0 Å². The summed E-state index contributed by atoms with van der Waals surface area (Å²) in [5.74, 6) is 0.525. The second-order valence-corrected chi connectivity index (χ2v) is 6.61. The second-order valence-electron chi connectivity index (χ2n) is 5.07. The standard InChI is InChI=1S/C16H16ClNO2S/c1-20-13-7-6-11(9-12(13)17)18-16(19)15-8-10-4-2-3-5-14(10)21-15/h6-9H,2-5H2,1H3,(H,18,19). The number of methoxy groups -OCH3 is 1. The van der Waals surface area contributed by atoms with E-state index in [1.807, 2.05) is 6.07 Å². The maximum atomic E-state index is 12.3. The highest BCUT2D eigenvalue weighted by atomic mass is 35.5. The fourth-order valence-corrected chi connectivity index (χ4v) is 3.95. The summed E-state index contributed by atoms with van der Waals surface area (Å²) in [5.41, 5.74) is 2.02. The van der Waals surface area contributed by atoms with Crippen molar-refractivity contribution in [3.05, 3.63) is 44.6 Å². The summed E-state index contributed by atoms with van der Waals surface area (Å²) in [6, 6.07) is 7.26. The predicted molar refractivity (Wildman–Crippen MR) is 86.9 cm³/mol. The molecule has 1 aliphatic rings. The number of benzene rings is 1. The number of hydrogen-bond donors (Lipinski definition) is 1. The van der Waals surface area contributed by atoms with Gasteiger partial charge >= 0.3 is 0 Å². The van der Waals surface area contributed by atoms with E-state index in [2.05, 4.69) is 5.32 Å². The van der Waals surface area contributed by atoms with Crippen molar-refractivity contribution in [2.24, 2.45) is 0 Å². The van der Waals surface area contributed by atoms with Gasteiger partial charge in [0, 0.05) is 10.6 Å². The first-order valence-electron chi connectivity index (χ1n) is 6.94. The lowest BCUT2D eigenvalue weighted by Gasteiger charge is -2.08. The Bertz CT molecular complexity index is 657. The van der Waals surface area contributed by atoms with Gasteiger partial charge in [0.25, 0.3) is 5.91 Å². The van der Waals surface area contributed by atoms with Gasteiger partial charge in [-0.1, -0.05) is 11.6 Å². The molecule has 3 rings (SSSR count). The van der Waals surface area contributed by atoms with Crippen LogP contribution in [-0.2, 0) is 12.8 Å². The quantitative estimate of drug-likeness (QED) is 0.901. The molecule has 0 radical (unpaired) electrons. The van der Waals surface area contributed by atoms with Crippen molar-refractivity contribution < 1.29 is 9.53 Å². The summed E-state index contributed by atoms with van der Waals surface area (Å²) in [7, 11) is 1.57. The summed E-state index contributed by atoms with van der Waals surface area (Å²) in [4.78, 5) is 14.5. The van der Waals surface area contributed by atoms with Gasteiger partial charge in [0.05, 0.1) is 17.0 Å². The largest absolute Gasteiger partial charge is 0.495 e. The zero-order valence-electron chi connectivity index (χ0n) is 11.7. The average molecular weight is 322 g/mol. The monoisotopic (exact) mass is 321 g/mol. The number of amides is 1. The molecule has 1 aromatic heterocycles. The molecule has 5 heteroatoms. The molecule has 2 aromatic rings. The third-order valence-electron chi connectivity index (χ3n) is 3.63. The van der Waals surface area contributed by atoms with E-state index in [4.69, 9.17) is 16.3 Å². The summed E-state index contributed by atoms with van der Waals surface area (Å²) in [5, 5.41) is 3.38. The minimum atomic E-state index is -0.0735. The molecule has 0 spiro atoms. The molecule has 0 bridgehead atoms. The minimum Gasteiger partial charge on any atom is -0.495 e. The molecule has 0 saturated heterocycles. The van der Waals surface area contributed by atoms with Crippen LogP contribution in [0.25, 0.3) is 0 Å². The Balaban J connectivity index is 1.77. The molecule has 0 aliphatic heterocycles. The van der Waals surface area contributed by atoms with Crippen LogP contribution in [0.2, 0.25) is 5.02 Å². The molecule has 1 aromatic carbocycles. The number of fused-ring (bicyclic) bond motifs is 1. The van der Waals surface area contributed by atoms with Crippen molar-refractivity contribution in [1.82, 2.24) is 0 Å². The summed E-state index contributed by atoms with van der Waals surface area (Å²) >= 11 is 7.67. The van der Waals surface area contributed by atoms with E-state index in [0.29, 0.717) is 16.5 Å². The van der Waals surface area contributed by atoms with Gasteiger partial charge in [0.15, 0.2) is 0 Å². The first-order valence-corrected chi connectivity index (χ1v) is 8.13. The Morgan fingerprint density at radius 2 is 2.10 bits per heavy atom. The Morgan fingerprint density at radius 1 is 1.29 bits per heavy atom. The van der Waals surface area contributed by atoms with E-state index in [9.17, 15) is 4.79 Å². The lowest BCUT2D eigenvalue weighted by molar-refractivity contribution is 0.103. The molecule has 110 valence electrons. The van der Waals surface area contributed by atoms with E-state index in [0.717, 1.165) is 17.7 Å². The van der Waals surface area contributed by atoms with E-state index in [1.54, 1.807) is 36.6 Å². The number of carbonyl (C=O) groups excluding carboxylic acids is 1. The zero-order chi connectivity index (χ0) is 14.8. The van der Waals surface area contributed by atoms with E-state index in [1.165, 1.54) is 23.3 Å². The van der Waals surface area contributed by atoms with Crippen molar-refractivity contribution in [2.75, 3.05) is 12.4 Å². The average Bonchev–Trinajstić information content (AvgIpc) is 2.91. The number of aryl methyl sites for hydroxylation is 2. The van der Waals surface area contributed by atoms with Gasteiger partial charge in [-0.05, 0) is 55.5 Å². The molecular weight excluding hydrogens is 306 g/mol. The maximum absolute atomic E-state index is 12.3. The third-order valence-corrected chi connectivity index (χ3v) is 5.16. The van der Waals surface area contributed by atoms with Crippen LogP contribution >= 0.6 is 22.9 Å². The predicted octanol–water partition coefficient (Wildman–Crippen LogP) is 4.54. The smallest absolute Gasteiger partial charge is 0.265 e. The van der Waals surface area contributed by atoms with Crippen LogP contribution in [0.4, 0.5) is 5.69 Å². The molecule has 0 fully saturated rings. The van der Waals surface area contributed by atoms with E-state index >= 15 is 0 Å². The molecule has 1 heterocycles. The lowest BCUT2D eigenvalue weighted by atomic mass is 9.99. The topological polar surface area (TPSA) is 38.3 Å². The number of carbonyl (C=O) groups is 1. The van der Waals surface area contributed by atoms with E-state index < -0.39 is 0 Å². The fourth-order valence-electron chi connectivity index (χ4n) is 2.54. The second kappa shape index (κ2) is 6.08. The van der Waals surface area contributed by atoms with Crippen LogP contribution in [0.15, 0.2) is 24.3 Å². The highest BCUT2D eigenvalue weighted by Crippen LogP contribution is 2.31. The fraction of sp³-hybridized carbons (Fsp3) is 0.312. The number of halogens is 1. The van der Waals surface area contributed by atoms with Crippen molar-refractivity contribution >= 4 is 34.5 Å². The van der Waals surface area contributed by atoms with Crippen LogP contribution in [0, 0.1) is 0 Å². The number of hydrogen-bond acceptors (Lipinski definition) is 3. The summed E-state index contributed by atoms with van der Waals surface area (Å²) in [6.45, 7) is 0. The minimum absolute atomic E-state index is 0.0735. The molecule has 1 aliphatic carbocycles. The number of thiophene rings is 1. The van der Waals surface area contributed by atoms with Gasteiger partial charge in [0.1, 0.15) is 5.75 Å². The molecule has 0 unspecified atom stereocenters. The molecule has 1 amide bonds.